The zero-order valence-corrected chi connectivity index (χ0v) is 11.5. The van der Waals surface area contributed by atoms with Gasteiger partial charge in [0.05, 0.1) is 6.54 Å². The minimum Gasteiger partial charge on any atom is -0.490 e. The maximum absolute atomic E-state index is 13.3. The van der Waals surface area contributed by atoms with Crippen LogP contribution in [0.5, 0.6) is 11.5 Å². The van der Waals surface area contributed by atoms with Crippen LogP contribution in [0.4, 0.5) is 4.39 Å². The van der Waals surface area contributed by atoms with E-state index in [1.54, 1.807) is 18.2 Å². The molecule has 2 aromatic carbocycles. The lowest BCUT2D eigenvalue weighted by Crippen LogP contribution is -2.09. The van der Waals surface area contributed by atoms with Crippen LogP contribution in [0.2, 0.25) is 0 Å². The standard InChI is InChI=1S/C17H16FNO2/c18-16-8-1-2-9-17(16)21-12-11-20-15-7-3-5-14(13-15)6-4-10-19/h1-3,5,7-9,13H,10-12,19H2. The molecule has 0 unspecified atom stereocenters. The van der Waals surface area contributed by atoms with Crippen molar-refractivity contribution in [1.82, 2.24) is 0 Å². The zero-order valence-electron chi connectivity index (χ0n) is 11.5. The average molecular weight is 285 g/mol. The molecule has 2 N–H and O–H groups in total. The predicted octanol–water partition coefficient (Wildman–Crippen LogP) is 2.59. The Kier molecular flexibility index (Phi) is 5.62. The van der Waals surface area contributed by atoms with Gasteiger partial charge in [-0.05, 0) is 30.3 Å². The minimum absolute atomic E-state index is 0.226. The topological polar surface area (TPSA) is 44.5 Å². The van der Waals surface area contributed by atoms with Gasteiger partial charge in [-0.25, -0.2) is 4.39 Å². The van der Waals surface area contributed by atoms with Crippen LogP contribution < -0.4 is 15.2 Å². The third-order valence-electron chi connectivity index (χ3n) is 2.62. The summed E-state index contributed by atoms with van der Waals surface area (Å²) in [7, 11) is 0. The zero-order chi connectivity index (χ0) is 14.9. The molecule has 0 amide bonds. The normalized spacial score (nSPS) is 9.62. The van der Waals surface area contributed by atoms with Crippen molar-refractivity contribution in [3.05, 3.63) is 59.9 Å². The van der Waals surface area contributed by atoms with E-state index >= 15 is 0 Å². The largest absolute Gasteiger partial charge is 0.490 e. The first-order chi connectivity index (χ1) is 10.3. The highest BCUT2D eigenvalue weighted by molar-refractivity contribution is 5.39. The molecule has 0 bridgehead atoms. The first-order valence-corrected chi connectivity index (χ1v) is 6.59. The Hall–Kier alpha value is -2.51. The molecule has 0 radical (unpaired) electrons. The molecular weight excluding hydrogens is 269 g/mol. The Labute approximate surface area is 123 Å². The van der Waals surface area contributed by atoms with Gasteiger partial charge in [-0.3, -0.25) is 0 Å². The summed E-state index contributed by atoms with van der Waals surface area (Å²) >= 11 is 0. The van der Waals surface area contributed by atoms with Gasteiger partial charge in [0.15, 0.2) is 11.6 Å². The number of hydrogen-bond donors (Lipinski definition) is 1. The van der Waals surface area contributed by atoms with Crippen LogP contribution in [0.15, 0.2) is 48.5 Å². The van der Waals surface area contributed by atoms with Crippen molar-refractivity contribution in [3.8, 4) is 23.3 Å². The lowest BCUT2D eigenvalue weighted by Gasteiger charge is -2.09. The van der Waals surface area contributed by atoms with Crippen LogP contribution in [0, 0.1) is 17.7 Å². The SMILES string of the molecule is NCC#Cc1cccc(OCCOc2ccccc2F)c1. The third kappa shape index (κ3) is 4.83. The molecule has 0 fully saturated rings. The lowest BCUT2D eigenvalue weighted by molar-refractivity contribution is 0.211. The van der Waals surface area contributed by atoms with Crippen molar-refractivity contribution in [2.24, 2.45) is 5.73 Å². The summed E-state index contributed by atoms with van der Waals surface area (Å²) < 4.78 is 24.2. The van der Waals surface area contributed by atoms with Crippen molar-refractivity contribution in [1.29, 1.82) is 0 Å². The molecule has 4 heteroatoms. The predicted molar refractivity (Wildman–Crippen MR) is 79.8 cm³/mol. The van der Waals surface area contributed by atoms with Crippen LogP contribution in [0.1, 0.15) is 5.56 Å². The molecule has 0 aliphatic rings. The molecule has 0 heterocycles. The molecule has 0 saturated carbocycles. The summed E-state index contributed by atoms with van der Waals surface area (Å²) in [5.74, 6) is 6.25. The van der Waals surface area contributed by atoms with E-state index in [4.69, 9.17) is 15.2 Å². The molecule has 108 valence electrons. The molecule has 0 atom stereocenters. The van der Waals surface area contributed by atoms with Gasteiger partial charge < -0.3 is 15.2 Å². The molecule has 0 saturated heterocycles. The van der Waals surface area contributed by atoms with Crippen molar-refractivity contribution in [2.45, 2.75) is 0 Å². The van der Waals surface area contributed by atoms with E-state index in [0.29, 0.717) is 18.9 Å². The molecule has 0 spiro atoms. The third-order valence-corrected chi connectivity index (χ3v) is 2.62. The second-order valence-electron chi connectivity index (χ2n) is 4.16. The van der Waals surface area contributed by atoms with E-state index in [1.165, 1.54) is 6.07 Å². The number of rotatable bonds is 5. The van der Waals surface area contributed by atoms with Crippen LogP contribution in [-0.2, 0) is 0 Å². The first-order valence-electron chi connectivity index (χ1n) is 6.59. The summed E-state index contributed by atoms with van der Waals surface area (Å²) in [5.41, 5.74) is 6.17. The van der Waals surface area contributed by atoms with E-state index in [0.717, 1.165) is 5.56 Å². The first kappa shape index (κ1) is 14.9. The molecule has 0 aromatic heterocycles. The number of para-hydroxylation sites is 1. The summed E-state index contributed by atoms with van der Waals surface area (Å²) in [5, 5.41) is 0. The quantitative estimate of drug-likeness (QED) is 0.678. The maximum Gasteiger partial charge on any atom is 0.165 e. The number of ether oxygens (including phenoxy) is 2. The fourth-order valence-corrected chi connectivity index (χ4v) is 1.69. The summed E-state index contributed by atoms with van der Waals surface area (Å²) in [6.45, 7) is 0.906. The van der Waals surface area contributed by atoms with E-state index in [9.17, 15) is 4.39 Å². The van der Waals surface area contributed by atoms with Gasteiger partial charge in [0, 0.05) is 5.56 Å². The van der Waals surface area contributed by atoms with Gasteiger partial charge in [-0.2, -0.15) is 0 Å². The molecule has 0 aliphatic carbocycles. The fraction of sp³-hybridized carbons (Fsp3) is 0.176. The molecule has 21 heavy (non-hydrogen) atoms. The number of nitrogens with two attached hydrogens (primary N) is 1. The molecular formula is C17H16FNO2. The second-order valence-corrected chi connectivity index (χ2v) is 4.16. The van der Waals surface area contributed by atoms with Crippen molar-refractivity contribution >= 4 is 0 Å². The molecule has 2 aromatic rings. The van der Waals surface area contributed by atoms with E-state index in [2.05, 4.69) is 11.8 Å². The van der Waals surface area contributed by atoms with Crippen LogP contribution >= 0.6 is 0 Å². The van der Waals surface area contributed by atoms with E-state index in [-0.39, 0.29) is 18.2 Å². The van der Waals surface area contributed by atoms with Crippen molar-refractivity contribution in [3.63, 3.8) is 0 Å². The summed E-state index contributed by atoms with van der Waals surface area (Å²) in [6.07, 6.45) is 0. The van der Waals surface area contributed by atoms with Crippen molar-refractivity contribution in [2.75, 3.05) is 19.8 Å². The monoisotopic (exact) mass is 285 g/mol. The molecule has 3 nitrogen and oxygen atoms in total. The van der Waals surface area contributed by atoms with Gasteiger partial charge in [0.2, 0.25) is 0 Å². The van der Waals surface area contributed by atoms with E-state index in [1.807, 2.05) is 24.3 Å². The smallest absolute Gasteiger partial charge is 0.165 e. The lowest BCUT2D eigenvalue weighted by atomic mass is 10.2. The number of benzene rings is 2. The molecule has 2 rings (SSSR count). The minimum atomic E-state index is -0.378. The Morgan fingerprint density at radius 1 is 1.00 bits per heavy atom. The van der Waals surface area contributed by atoms with Gasteiger partial charge in [0.1, 0.15) is 19.0 Å². The summed E-state index contributed by atoms with van der Waals surface area (Å²) in [4.78, 5) is 0. The Bertz CT molecular complexity index is 646. The average Bonchev–Trinajstić information content (AvgIpc) is 2.51. The maximum atomic E-state index is 13.3. The van der Waals surface area contributed by atoms with Crippen LogP contribution in [0.3, 0.4) is 0 Å². The van der Waals surface area contributed by atoms with Crippen molar-refractivity contribution < 1.29 is 13.9 Å². The molecule has 0 aliphatic heterocycles. The fourth-order valence-electron chi connectivity index (χ4n) is 1.69. The van der Waals surface area contributed by atoms with Gasteiger partial charge in [-0.1, -0.05) is 30.0 Å². The Morgan fingerprint density at radius 3 is 2.62 bits per heavy atom. The highest BCUT2D eigenvalue weighted by atomic mass is 19.1. The summed E-state index contributed by atoms with van der Waals surface area (Å²) in [6, 6.07) is 13.7. The van der Waals surface area contributed by atoms with E-state index < -0.39 is 0 Å². The van der Waals surface area contributed by atoms with Gasteiger partial charge in [-0.15, -0.1) is 0 Å². The van der Waals surface area contributed by atoms with Crippen LogP contribution in [-0.4, -0.2) is 19.8 Å². The number of hydrogen-bond acceptors (Lipinski definition) is 3. The second kappa shape index (κ2) is 7.93. The highest BCUT2D eigenvalue weighted by Crippen LogP contribution is 2.16. The Morgan fingerprint density at radius 2 is 1.81 bits per heavy atom. The highest BCUT2D eigenvalue weighted by Gasteiger charge is 2.01. The van der Waals surface area contributed by atoms with Gasteiger partial charge >= 0.3 is 0 Å². The number of halogens is 1. The van der Waals surface area contributed by atoms with Gasteiger partial charge in [0.25, 0.3) is 0 Å². The van der Waals surface area contributed by atoms with Crippen LogP contribution in [0.25, 0.3) is 0 Å². The Balaban J connectivity index is 1.82.